The molecule has 6 heteroatoms. The Kier molecular flexibility index (Phi) is 6.85. The zero-order valence-electron chi connectivity index (χ0n) is 14.7. The van der Waals surface area contributed by atoms with Crippen LogP contribution in [-0.4, -0.2) is 41.0 Å². The monoisotopic (exact) mass is 366 g/mol. The Bertz CT molecular complexity index is 635. The van der Waals surface area contributed by atoms with Crippen LogP contribution in [0.1, 0.15) is 55.3 Å². The van der Waals surface area contributed by atoms with E-state index in [1.54, 1.807) is 4.90 Å². The highest BCUT2D eigenvalue weighted by molar-refractivity contribution is 5.85. The lowest BCUT2D eigenvalue weighted by atomic mass is 9.89. The van der Waals surface area contributed by atoms with Crippen LogP contribution in [0, 0.1) is 0 Å². The summed E-state index contributed by atoms with van der Waals surface area (Å²) >= 11 is 0. The molecular weight excluding hydrogens is 340 g/mol. The standard InChI is InChI=1S/C19H26N2O3.ClH/c1-13(15-9-8-14-5-2-3-6-16(14)11-15)20-18(22)12-21-10-4-7-17(21)19(23)24;/h8-9,11,13,17H,2-7,10,12H2,1H3,(H,20,22)(H,23,24);1H. The molecule has 2 unspecified atom stereocenters. The number of aryl methyl sites for hydroxylation is 2. The van der Waals surface area contributed by atoms with Gasteiger partial charge in [-0.15, -0.1) is 12.4 Å². The van der Waals surface area contributed by atoms with Crippen LogP contribution in [0.2, 0.25) is 0 Å². The first-order valence-electron chi connectivity index (χ1n) is 8.92. The third kappa shape index (κ3) is 4.73. The molecular formula is C19H27ClN2O3. The third-order valence-corrected chi connectivity index (χ3v) is 5.25. The number of amides is 1. The molecule has 2 aliphatic rings. The van der Waals surface area contributed by atoms with E-state index in [-0.39, 0.29) is 30.9 Å². The van der Waals surface area contributed by atoms with Gasteiger partial charge >= 0.3 is 5.97 Å². The van der Waals surface area contributed by atoms with Gasteiger partial charge in [-0.1, -0.05) is 18.2 Å². The number of rotatable bonds is 5. The number of carbonyl (C=O) groups excluding carboxylic acids is 1. The molecule has 1 aliphatic heterocycles. The fourth-order valence-corrected chi connectivity index (χ4v) is 3.87. The van der Waals surface area contributed by atoms with Crippen molar-refractivity contribution in [3.63, 3.8) is 0 Å². The molecule has 1 aliphatic carbocycles. The Morgan fingerprint density at radius 1 is 1.24 bits per heavy atom. The molecule has 0 aromatic heterocycles. The number of hydrogen-bond donors (Lipinski definition) is 2. The van der Waals surface area contributed by atoms with Gasteiger partial charge in [-0.25, -0.2) is 0 Å². The summed E-state index contributed by atoms with van der Waals surface area (Å²) in [6, 6.07) is 5.93. The molecule has 5 nitrogen and oxygen atoms in total. The van der Waals surface area contributed by atoms with Gasteiger partial charge in [-0.05, 0) is 68.7 Å². The predicted octanol–water partition coefficient (Wildman–Crippen LogP) is 2.71. The number of nitrogens with zero attached hydrogens (tertiary/aromatic N) is 1. The van der Waals surface area contributed by atoms with Crippen molar-refractivity contribution in [1.29, 1.82) is 0 Å². The van der Waals surface area contributed by atoms with Crippen LogP contribution in [-0.2, 0) is 22.4 Å². The molecule has 0 radical (unpaired) electrons. The first-order valence-corrected chi connectivity index (χ1v) is 8.92. The zero-order valence-corrected chi connectivity index (χ0v) is 15.5. The van der Waals surface area contributed by atoms with Crippen LogP contribution in [0.4, 0.5) is 0 Å². The van der Waals surface area contributed by atoms with E-state index >= 15 is 0 Å². The number of carboxylic acids is 1. The number of halogens is 1. The van der Waals surface area contributed by atoms with Crippen molar-refractivity contribution in [2.24, 2.45) is 0 Å². The van der Waals surface area contributed by atoms with Crippen molar-refractivity contribution in [3.05, 3.63) is 34.9 Å². The second kappa shape index (κ2) is 8.68. The molecule has 25 heavy (non-hydrogen) atoms. The zero-order chi connectivity index (χ0) is 17.1. The van der Waals surface area contributed by atoms with Crippen LogP contribution in [0.25, 0.3) is 0 Å². The number of carbonyl (C=O) groups is 2. The number of nitrogens with one attached hydrogen (secondary N) is 1. The molecule has 0 spiro atoms. The first-order chi connectivity index (χ1) is 11.5. The summed E-state index contributed by atoms with van der Waals surface area (Å²) in [5, 5.41) is 12.2. The number of aliphatic carboxylic acids is 1. The van der Waals surface area contributed by atoms with Gasteiger partial charge in [0.1, 0.15) is 6.04 Å². The average molecular weight is 367 g/mol. The van der Waals surface area contributed by atoms with Gasteiger partial charge < -0.3 is 10.4 Å². The van der Waals surface area contributed by atoms with E-state index in [9.17, 15) is 14.7 Å². The summed E-state index contributed by atoms with van der Waals surface area (Å²) in [5.41, 5.74) is 3.97. The highest BCUT2D eigenvalue weighted by Gasteiger charge is 2.31. The fourth-order valence-electron chi connectivity index (χ4n) is 3.87. The summed E-state index contributed by atoms with van der Waals surface area (Å²) in [4.78, 5) is 25.3. The van der Waals surface area contributed by atoms with E-state index < -0.39 is 12.0 Å². The molecule has 1 saturated heterocycles. The fraction of sp³-hybridized carbons (Fsp3) is 0.579. The lowest BCUT2D eigenvalue weighted by molar-refractivity contribution is -0.142. The van der Waals surface area contributed by atoms with Gasteiger partial charge in [-0.3, -0.25) is 14.5 Å². The number of carboxylic acid groups (broad SMARTS) is 1. The summed E-state index contributed by atoms with van der Waals surface area (Å²) in [7, 11) is 0. The summed E-state index contributed by atoms with van der Waals surface area (Å²) in [5.74, 6) is -0.934. The summed E-state index contributed by atoms with van der Waals surface area (Å²) in [6.45, 7) is 2.82. The topological polar surface area (TPSA) is 69.6 Å². The normalized spacial score (nSPS) is 21.1. The molecule has 2 atom stereocenters. The van der Waals surface area contributed by atoms with E-state index in [1.165, 1.54) is 24.0 Å². The Labute approximate surface area is 155 Å². The van der Waals surface area contributed by atoms with Crippen molar-refractivity contribution in [3.8, 4) is 0 Å². The largest absolute Gasteiger partial charge is 0.480 e. The molecule has 138 valence electrons. The van der Waals surface area contributed by atoms with Crippen molar-refractivity contribution >= 4 is 24.3 Å². The van der Waals surface area contributed by atoms with Gasteiger partial charge in [0.25, 0.3) is 0 Å². The van der Waals surface area contributed by atoms with E-state index in [0.717, 1.165) is 24.8 Å². The molecule has 1 aromatic rings. The molecule has 3 rings (SSSR count). The van der Waals surface area contributed by atoms with Crippen LogP contribution < -0.4 is 5.32 Å². The quantitative estimate of drug-likeness (QED) is 0.840. The first kappa shape index (κ1) is 19.7. The average Bonchev–Trinajstić information content (AvgIpc) is 3.02. The van der Waals surface area contributed by atoms with E-state index in [1.807, 2.05) is 6.92 Å². The molecule has 0 saturated carbocycles. The Balaban J connectivity index is 0.00000225. The summed E-state index contributed by atoms with van der Waals surface area (Å²) in [6.07, 6.45) is 6.25. The molecule has 1 heterocycles. The number of likely N-dealkylation sites (tertiary alicyclic amines) is 1. The van der Waals surface area contributed by atoms with Crippen molar-refractivity contribution in [2.75, 3.05) is 13.1 Å². The van der Waals surface area contributed by atoms with Crippen molar-refractivity contribution in [1.82, 2.24) is 10.2 Å². The SMILES string of the molecule is CC(NC(=O)CN1CCCC1C(=O)O)c1ccc2c(c1)CCCC2.Cl. The minimum absolute atomic E-state index is 0. The van der Waals surface area contributed by atoms with Crippen LogP contribution in [0.3, 0.4) is 0 Å². The Hall–Kier alpha value is -1.59. The lowest BCUT2D eigenvalue weighted by Gasteiger charge is -2.23. The Morgan fingerprint density at radius 2 is 1.96 bits per heavy atom. The minimum Gasteiger partial charge on any atom is -0.480 e. The number of hydrogen-bond acceptors (Lipinski definition) is 3. The van der Waals surface area contributed by atoms with Crippen molar-refractivity contribution < 1.29 is 14.7 Å². The van der Waals surface area contributed by atoms with Gasteiger partial charge in [0.15, 0.2) is 0 Å². The maximum atomic E-state index is 12.3. The highest BCUT2D eigenvalue weighted by Crippen LogP contribution is 2.25. The second-order valence-corrected chi connectivity index (χ2v) is 6.99. The van der Waals surface area contributed by atoms with E-state index in [0.29, 0.717) is 13.0 Å². The van der Waals surface area contributed by atoms with Crippen LogP contribution in [0.5, 0.6) is 0 Å². The van der Waals surface area contributed by atoms with Gasteiger partial charge in [0, 0.05) is 0 Å². The highest BCUT2D eigenvalue weighted by atomic mass is 35.5. The smallest absolute Gasteiger partial charge is 0.320 e. The molecule has 1 amide bonds. The third-order valence-electron chi connectivity index (χ3n) is 5.25. The molecule has 0 bridgehead atoms. The van der Waals surface area contributed by atoms with Crippen LogP contribution in [0.15, 0.2) is 18.2 Å². The molecule has 1 fully saturated rings. The molecule has 1 aromatic carbocycles. The molecule has 2 N–H and O–H groups in total. The summed E-state index contributed by atoms with van der Waals surface area (Å²) < 4.78 is 0. The lowest BCUT2D eigenvalue weighted by Crippen LogP contribution is -2.43. The van der Waals surface area contributed by atoms with E-state index in [4.69, 9.17) is 0 Å². The predicted molar refractivity (Wildman–Crippen MR) is 99.1 cm³/mol. The second-order valence-electron chi connectivity index (χ2n) is 6.99. The number of fused-ring (bicyclic) bond motifs is 1. The van der Waals surface area contributed by atoms with Crippen molar-refractivity contribution in [2.45, 2.75) is 57.5 Å². The number of benzene rings is 1. The van der Waals surface area contributed by atoms with Gasteiger partial charge in [0.2, 0.25) is 5.91 Å². The minimum atomic E-state index is -0.831. The maximum absolute atomic E-state index is 12.3. The van der Waals surface area contributed by atoms with Gasteiger partial charge in [-0.2, -0.15) is 0 Å². The van der Waals surface area contributed by atoms with Gasteiger partial charge in [0.05, 0.1) is 12.6 Å². The Morgan fingerprint density at radius 3 is 2.68 bits per heavy atom. The van der Waals surface area contributed by atoms with Crippen LogP contribution >= 0.6 is 12.4 Å². The van der Waals surface area contributed by atoms with E-state index in [2.05, 4.69) is 23.5 Å². The maximum Gasteiger partial charge on any atom is 0.320 e.